The Bertz CT molecular complexity index is 1550. The molecule has 1 N–H and O–H groups in total. The van der Waals surface area contributed by atoms with Crippen molar-refractivity contribution < 1.29 is 14.3 Å². The molecule has 0 bridgehead atoms. The number of tetrazole rings is 1. The number of aromatic nitrogens is 4. The molecule has 1 heterocycles. The zero-order chi connectivity index (χ0) is 26.9. The fraction of sp³-hybridized carbons (Fsp3) is 0.100. The van der Waals surface area contributed by atoms with Gasteiger partial charge in [0, 0.05) is 11.1 Å². The van der Waals surface area contributed by atoms with Crippen molar-refractivity contribution in [1.29, 1.82) is 0 Å². The first-order valence-corrected chi connectivity index (χ1v) is 12.3. The monoisotopic (exact) mass is 518 g/mol. The number of amides is 1. The van der Waals surface area contributed by atoms with Crippen LogP contribution in [-0.4, -0.2) is 39.4 Å². The maximum atomic E-state index is 12.6. The van der Waals surface area contributed by atoms with Crippen LogP contribution in [0.2, 0.25) is 0 Å². The third-order valence-corrected chi connectivity index (χ3v) is 5.83. The standard InChI is InChI=1S/C30H26N6O3/c1-38-27-17-14-24(18-28(27)39-21-23-8-4-2-5-9-23)19-31-33-30(37)26-15-12-22(13-16-26)20-36-34-29(32-35-36)25-10-6-3-7-11-25/h2-19H,20-21H2,1H3,(H,33,37)/b31-19+. The molecule has 194 valence electrons. The molecular weight excluding hydrogens is 492 g/mol. The first-order chi connectivity index (χ1) is 19.2. The van der Waals surface area contributed by atoms with Gasteiger partial charge < -0.3 is 9.47 Å². The number of nitrogens with one attached hydrogen (secondary N) is 1. The van der Waals surface area contributed by atoms with Crippen molar-refractivity contribution in [2.75, 3.05) is 7.11 Å². The highest BCUT2D eigenvalue weighted by Crippen LogP contribution is 2.28. The Hall–Kier alpha value is -5.31. The molecule has 1 amide bonds. The highest BCUT2D eigenvalue weighted by molar-refractivity contribution is 5.95. The Labute approximate surface area is 225 Å². The minimum absolute atomic E-state index is 0.322. The molecule has 0 saturated heterocycles. The van der Waals surface area contributed by atoms with Gasteiger partial charge >= 0.3 is 0 Å². The average molecular weight is 519 g/mol. The van der Waals surface area contributed by atoms with Crippen molar-refractivity contribution in [3.8, 4) is 22.9 Å². The Balaban J connectivity index is 1.16. The maximum absolute atomic E-state index is 12.6. The summed E-state index contributed by atoms with van der Waals surface area (Å²) in [6, 6.07) is 32.2. The lowest BCUT2D eigenvalue weighted by atomic mass is 10.1. The Morgan fingerprint density at radius 1 is 0.897 bits per heavy atom. The van der Waals surface area contributed by atoms with E-state index < -0.39 is 0 Å². The van der Waals surface area contributed by atoms with Gasteiger partial charge in [0.1, 0.15) is 6.61 Å². The number of ether oxygens (including phenoxy) is 2. The van der Waals surface area contributed by atoms with Crippen LogP contribution in [0.4, 0.5) is 0 Å². The van der Waals surface area contributed by atoms with E-state index in [1.165, 1.54) is 4.80 Å². The summed E-state index contributed by atoms with van der Waals surface area (Å²) in [6.07, 6.45) is 1.56. The Kier molecular flexibility index (Phi) is 7.98. The summed E-state index contributed by atoms with van der Waals surface area (Å²) in [5, 5.41) is 16.8. The Morgan fingerprint density at radius 2 is 1.64 bits per heavy atom. The van der Waals surface area contributed by atoms with E-state index >= 15 is 0 Å². The van der Waals surface area contributed by atoms with E-state index in [0.29, 0.717) is 36.0 Å². The van der Waals surface area contributed by atoms with Gasteiger partial charge in [0.2, 0.25) is 5.82 Å². The number of methoxy groups -OCH3 is 1. The fourth-order valence-corrected chi connectivity index (χ4v) is 3.79. The van der Waals surface area contributed by atoms with E-state index in [2.05, 4.69) is 25.9 Å². The van der Waals surface area contributed by atoms with Crippen molar-refractivity contribution in [3.05, 3.63) is 125 Å². The topological polar surface area (TPSA) is 104 Å². The molecule has 0 atom stereocenters. The van der Waals surface area contributed by atoms with E-state index in [4.69, 9.17) is 9.47 Å². The number of benzene rings is 4. The minimum Gasteiger partial charge on any atom is -0.493 e. The lowest BCUT2D eigenvalue weighted by Gasteiger charge is -2.11. The molecule has 0 fully saturated rings. The summed E-state index contributed by atoms with van der Waals surface area (Å²) in [4.78, 5) is 14.1. The Morgan fingerprint density at radius 3 is 2.38 bits per heavy atom. The van der Waals surface area contributed by atoms with Gasteiger partial charge in [-0.2, -0.15) is 9.90 Å². The van der Waals surface area contributed by atoms with Gasteiger partial charge in [0.25, 0.3) is 5.91 Å². The molecule has 0 aliphatic carbocycles. The van der Waals surface area contributed by atoms with Crippen LogP contribution in [-0.2, 0) is 13.2 Å². The van der Waals surface area contributed by atoms with Gasteiger partial charge in [-0.15, -0.1) is 10.2 Å². The number of rotatable bonds is 10. The lowest BCUT2D eigenvalue weighted by Crippen LogP contribution is -2.17. The molecule has 5 aromatic rings. The third-order valence-electron chi connectivity index (χ3n) is 5.83. The van der Waals surface area contributed by atoms with Gasteiger partial charge in [-0.05, 0) is 52.2 Å². The summed E-state index contributed by atoms with van der Waals surface area (Å²) in [5.41, 5.74) is 6.69. The van der Waals surface area contributed by atoms with Crippen molar-refractivity contribution in [2.24, 2.45) is 5.10 Å². The molecule has 0 radical (unpaired) electrons. The van der Waals surface area contributed by atoms with Gasteiger partial charge in [-0.3, -0.25) is 4.79 Å². The molecule has 5 rings (SSSR count). The van der Waals surface area contributed by atoms with Gasteiger partial charge in [-0.1, -0.05) is 72.8 Å². The molecule has 0 spiro atoms. The number of carbonyl (C=O) groups excluding carboxylic acids is 1. The summed E-state index contributed by atoms with van der Waals surface area (Å²) in [7, 11) is 1.59. The zero-order valence-electron chi connectivity index (χ0n) is 21.3. The van der Waals surface area contributed by atoms with Crippen LogP contribution in [0.1, 0.15) is 27.0 Å². The van der Waals surface area contributed by atoms with Crippen molar-refractivity contribution in [2.45, 2.75) is 13.2 Å². The van der Waals surface area contributed by atoms with Crippen LogP contribution >= 0.6 is 0 Å². The van der Waals surface area contributed by atoms with E-state index in [1.54, 1.807) is 31.5 Å². The van der Waals surface area contributed by atoms with Crippen molar-refractivity contribution in [1.82, 2.24) is 25.6 Å². The van der Waals surface area contributed by atoms with E-state index in [0.717, 1.165) is 22.3 Å². The van der Waals surface area contributed by atoms with Crippen molar-refractivity contribution in [3.63, 3.8) is 0 Å². The molecule has 0 aliphatic heterocycles. The lowest BCUT2D eigenvalue weighted by molar-refractivity contribution is 0.0955. The number of carbonyl (C=O) groups is 1. The number of hydrazone groups is 1. The quantitative estimate of drug-likeness (QED) is 0.212. The SMILES string of the molecule is COc1ccc(/C=N/NC(=O)c2ccc(Cn3nnc(-c4ccccc4)n3)cc2)cc1OCc1ccccc1. The third kappa shape index (κ3) is 6.72. The molecule has 39 heavy (non-hydrogen) atoms. The first kappa shape index (κ1) is 25.3. The molecular formula is C30H26N6O3. The molecule has 0 saturated carbocycles. The summed E-state index contributed by atoms with van der Waals surface area (Å²) >= 11 is 0. The summed E-state index contributed by atoms with van der Waals surface area (Å²) < 4.78 is 11.3. The van der Waals surface area contributed by atoms with Crippen LogP contribution < -0.4 is 14.9 Å². The number of hydrogen-bond acceptors (Lipinski definition) is 7. The second-order valence-corrected chi connectivity index (χ2v) is 8.59. The van der Waals surface area contributed by atoms with Crippen LogP contribution in [0, 0.1) is 0 Å². The molecule has 4 aromatic carbocycles. The van der Waals surface area contributed by atoms with Gasteiger partial charge in [0.05, 0.1) is 19.9 Å². The highest BCUT2D eigenvalue weighted by Gasteiger charge is 2.09. The van der Waals surface area contributed by atoms with E-state index in [1.807, 2.05) is 84.9 Å². The van der Waals surface area contributed by atoms with Gasteiger partial charge in [-0.25, -0.2) is 5.43 Å². The first-order valence-electron chi connectivity index (χ1n) is 12.3. The predicted molar refractivity (Wildman–Crippen MR) is 148 cm³/mol. The molecule has 1 aromatic heterocycles. The van der Waals surface area contributed by atoms with Crippen LogP contribution in [0.5, 0.6) is 11.5 Å². The van der Waals surface area contributed by atoms with Crippen LogP contribution in [0.25, 0.3) is 11.4 Å². The van der Waals surface area contributed by atoms with Crippen LogP contribution in [0.3, 0.4) is 0 Å². The smallest absolute Gasteiger partial charge is 0.271 e. The van der Waals surface area contributed by atoms with E-state index in [-0.39, 0.29) is 5.91 Å². The maximum Gasteiger partial charge on any atom is 0.271 e. The molecule has 9 heteroatoms. The molecule has 0 aliphatic rings. The summed E-state index contributed by atoms with van der Waals surface area (Å²) in [5.74, 6) is 1.45. The van der Waals surface area contributed by atoms with E-state index in [9.17, 15) is 4.79 Å². The molecule has 9 nitrogen and oxygen atoms in total. The number of hydrogen-bond donors (Lipinski definition) is 1. The predicted octanol–water partition coefficient (Wildman–Crippen LogP) is 4.74. The second-order valence-electron chi connectivity index (χ2n) is 8.59. The minimum atomic E-state index is -0.322. The zero-order valence-corrected chi connectivity index (χ0v) is 21.3. The highest BCUT2D eigenvalue weighted by atomic mass is 16.5. The van der Waals surface area contributed by atoms with Crippen LogP contribution in [0.15, 0.2) is 108 Å². The van der Waals surface area contributed by atoms with Crippen molar-refractivity contribution >= 4 is 12.1 Å². The molecule has 0 unspecified atom stereocenters. The second kappa shape index (κ2) is 12.3. The fourth-order valence-electron chi connectivity index (χ4n) is 3.79. The largest absolute Gasteiger partial charge is 0.493 e. The average Bonchev–Trinajstić information content (AvgIpc) is 3.46. The number of nitrogens with zero attached hydrogens (tertiary/aromatic N) is 5. The summed E-state index contributed by atoms with van der Waals surface area (Å²) in [6.45, 7) is 0.845. The normalized spacial score (nSPS) is 10.9. The van der Waals surface area contributed by atoms with Gasteiger partial charge in [0.15, 0.2) is 11.5 Å².